The van der Waals surface area contributed by atoms with Crippen molar-refractivity contribution in [3.05, 3.63) is 34.1 Å². The largest absolute Gasteiger partial charge is 0.366 e. The highest BCUT2D eigenvalue weighted by Crippen LogP contribution is 2.24. The molecule has 0 saturated carbocycles. The quantitative estimate of drug-likeness (QED) is 0.439. The van der Waals surface area contributed by atoms with Crippen molar-refractivity contribution < 1.29 is 9.31 Å². The molecule has 0 spiro atoms. The fourth-order valence-corrected chi connectivity index (χ4v) is 1.29. The van der Waals surface area contributed by atoms with E-state index >= 15 is 0 Å². The molecule has 0 bridgehead atoms. The highest BCUT2D eigenvalue weighted by Gasteiger charge is 2.17. The summed E-state index contributed by atoms with van der Waals surface area (Å²) in [6.07, 6.45) is 0. The number of halogens is 1. The number of hydrogen-bond donors (Lipinski definition) is 2. The van der Waals surface area contributed by atoms with Crippen LogP contribution in [0.15, 0.2) is 18.2 Å². The predicted octanol–water partition coefficient (Wildman–Crippen LogP) is 0.288. The highest BCUT2D eigenvalue weighted by atomic mass is 19.1. The van der Waals surface area contributed by atoms with Crippen LogP contribution in [-0.4, -0.2) is 19.8 Å². The first-order valence-electron chi connectivity index (χ1n) is 4.41. The first kappa shape index (κ1) is 10.8. The maximum Gasteiger partial charge on any atom is 0.272 e. The zero-order valence-electron chi connectivity index (χ0n) is 8.37. The molecule has 1 aromatic heterocycles. The lowest BCUT2D eigenvalue weighted by Crippen LogP contribution is -2.13. The molecule has 1 heterocycles. The van der Waals surface area contributed by atoms with E-state index in [0.717, 1.165) is 16.8 Å². The number of nitrogens with two attached hydrogens (primary N) is 2. The topological polar surface area (TPSA) is 126 Å². The minimum Gasteiger partial charge on any atom is -0.366 e. The van der Waals surface area contributed by atoms with Gasteiger partial charge < -0.3 is 11.6 Å². The summed E-state index contributed by atoms with van der Waals surface area (Å²) in [5.41, 5.74) is 4.97. The van der Waals surface area contributed by atoms with Crippen LogP contribution in [0.5, 0.6) is 0 Å². The normalized spacial score (nSPS) is 10.4. The van der Waals surface area contributed by atoms with E-state index in [0.29, 0.717) is 0 Å². The van der Waals surface area contributed by atoms with Crippen LogP contribution in [0, 0.1) is 15.9 Å². The number of nitro benzene ring substituents is 1. The van der Waals surface area contributed by atoms with Gasteiger partial charge in [-0.1, -0.05) is 0 Å². The summed E-state index contributed by atoms with van der Waals surface area (Å²) in [5, 5.41) is 17.5. The molecule has 9 heteroatoms. The second-order valence-corrected chi connectivity index (χ2v) is 3.17. The standard InChI is InChI=1S/C8H7FN6O2/c9-6-3-4(15(16)17)1-2-5(6)7-12-13-8(10)14(7)11/h1-3H,11H2,(H2,10,13). The second kappa shape index (κ2) is 3.70. The molecule has 0 radical (unpaired) electrons. The second-order valence-electron chi connectivity index (χ2n) is 3.17. The van der Waals surface area contributed by atoms with Gasteiger partial charge in [0.15, 0.2) is 5.82 Å². The van der Waals surface area contributed by atoms with Crippen molar-refractivity contribution in [1.82, 2.24) is 14.9 Å². The summed E-state index contributed by atoms with van der Waals surface area (Å²) in [7, 11) is 0. The molecule has 8 nitrogen and oxygen atoms in total. The van der Waals surface area contributed by atoms with Gasteiger partial charge in [0.1, 0.15) is 5.82 Å². The fraction of sp³-hybridized carbons (Fsp3) is 0. The average Bonchev–Trinajstić information content (AvgIpc) is 2.60. The number of nitrogen functional groups attached to an aromatic ring is 2. The third-order valence-corrected chi connectivity index (χ3v) is 2.13. The van der Waals surface area contributed by atoms with E-state index in [9.17, 15) is 14.5 Å². The smallest absolute Gasteiger partial charge is 0.272 e. The van der Waals surface area contributed by atoms with Crippen LogP contribution < -0.4 is 11.6 Å². The van der Waals surface area contributed by atoms with Crippen molar-refractivity contribution in [2.24, 2.45) is 0 Å². The first-order chi connectivity index (χ1) is 8.00. The Balaban J connectivity index is 2.54. The molecule has 0 amide bonds. The van der Waals surface area contributed by atoms with Crippen LogP contribution in [0.25, 0.3) is 11.4 Å². The summed E-state index contributed by atoms with van der Waals surface area (Å²) in [5.74, 6) is 4.56. The molecular weight excluding hydrogens is 231 g/mol. The Morgan fingerprint density at radius 3 is 2.59 bits per heavy atom. The maximum atomic E-state index is 13.6. The minimum atomic E-state index is -0.821. The highest BCUT2D eigenvalue weighted by molar-refractivity contribution is 5.60. The van der Waals surface area contributed by atoms with E-state index in [2.05, 4.69) is 10.2 Å². The molecule has 1 aromatic carbocycles. The summed E-state index contributed by atoms with van der Waals surface area (Å²) >= 11 is 0. The van der Waals surface area contributed by atoms with Crippen LogP contribution in [0.1, 0.15) is 0 Å². The van der Waals surface area contributed by atoms with Crippen molar-refractivity contribution in [3.63, 3.8) is 0 Å². The van der Waals surface area contributed by atoms with Crippen LogP contribution in [0.4, 0.5) is 16.0 Å². The molecule has 88 valence electrons. The minimum absolute atomic E-state index is 0.00472. The van der Waals surface area contributed by atoms with Crippen LogP contribution in [-0.2, 0) is 0 Å². The molecule has 0 aliphatic rings. The Labute approximate surface area is 93.8 Å². The Bertz CT molecular complexity index is 596. The zero-order valence-corrected chi connectivity index (χ0v) is 8.37. The molecule has 0 fully saturated rings. The SMILES string of the molecule is Nc1nnc(-c2ccc([N+](=O)[O-])cc2F)n1N. The van der Waals surface area contributed by atoms with Gasteiger partial charge in [0.05, 0.1) is 16.6 Å². The van der Waals surface area contributed by atoms with Gasteiger partial charge in [-0.3, -0.25) is 10.1 Å². The number of nitrogens with zero attached hydrogens (tertiary/aromatic N) is 4. The summed E-state index contributed by atoms with van der Waals surface area (Å²) in [6, 6.07) is 3.11. The van der Waals surface area contributed by atoms with E-state index in [1.807, 2.05) is 0 Å². The third kappa shape index (κ3) is 1.73. The van der Waals surface area contributed by atoms with Gasteiger partial charge in [0.2, 0.25) is 5.95 Å². The van der Waals surface area contributed by atoms with Gasteiger partial charge in [0, 0.05) is 6.07 Å². The predicted molar refractivity (Wildman–Crippen MR) is 56.6 cm³/mol. The zero-order chi connectivity index (χ0) is 12.6. The van der Waals surface area contributed by atoms with Crippen LogP contribution in [0.2, 0.25) is 0 Å². The summed E-state index contributed by atoms with van der Waals surface area (Å²) in [6.45, 7) is 0. The fourth-order valence-electron chi connectivity index (χ4n) is 1.29. The van der Waals surface area contributed by atoms with E-state index in [1.165, 1.54) is 6.07 Å². The van der Waals surface area contributed by atoms with Gasteiger partial charge in [0.25, 0.3) is 5.69 Å². The van der Waals surface area contributed by atoms with Crippen molar-refractivity contribution in [1.29, 1.82) is 0 Å². The lowest BCUT2D eigenvalue weighted by atomic mass is 10.2. The molecule has 0 aliphatic heterocycles. The monoisotopic (exact) mass is 238 g/mol. The van der Waals surface area contributed by atoms with Crippen LogP contribution in [0.3, 0.4) is 0 Å². The number of aromatic nitrogens is 3. The van der Waals surface area contributed by atoms with E-state index in [1.54, 1.807) is 0 Å². The summed E-state index contributed by atoms with van der Waals surface area (Å²) in [4.78, 5) is 9.73. The number of hydrogen-bond acceptors (Lipinski definition) is 6. The van der Waals surface area contributed by atoms with Crippen molar-refractivity contribution >= 4 is 11.6 Å². The number of nitro groups is 1. The Morgan fingerprint density at radius 1 is 1.41 bits per heavy atom. The lowest BCUT2D eigenvalue weighted by Gasteiger charge is -2.02. The van der Waals surface area contributed by atoms with E-state index in [4.69, 9.17) is 11.6 Å². The van der Waals surface area contributed by atoms with Crippen molar-refractivity contribution in [3.8, 4) is 11.4 Å². The Morgan fingerprint density at radius 2 is 2.12 bits per heavy atom. The van der Waals surface area contributed by atoms with Gasteiger partial charge in [-0.2, -0.15) is 0 Å². The number of benzene rings is 1. The van der Waals surface area contributed by atoms with Crippen molar-refractivity contribution in [2.75, 3.05) is 11.6 Å². The van der Waals surface area contributed by atoms with Gasteiger partial charge in [-0.15, -0.1) is 10.2 Å². The third-order valence-electron chi connectivity index (χ3n) is 2.13. The van der Waals surface area contributed by atoms with E-state index in [-0.39, 0.29) is 23.0 Å². The van der Waals surface area contributed by atoms with E-state index < -0.39 is 10.7 Å². The molecule has 2 rings (SSSR count). The molecule has 0 unspecified atom stereocenters. The molecule has 0 aliphatic carbocycles. The molecule has 0 atom stereocenters. The molecule has 17 heavy (non-hydrogen) atoms. The maximum absolute atomic E-state index is 13.6. The molecule has 0 saturated heterocycles. The van der Waals surface area contributed by atoms with Crippen LogP contribution >= 0.6 is 0 Å². The number of non-ortho nitro benzene ring substituents is 1. The first-order valence-corrected chi connectivity index (χ1v) is 4.41. The molecule has 4 N–H and O–H groups in total. The Hall–Kier alpha value is -2.71. The van der Waals surface area contributed by atoms with Crippen molar-refractivity contribution in [2.45, 2.75) is 0 Å². The Kier molecular flexibility index (Phi) is 2.35. The molecule has 2 aromatic rings. The lowest BCUT2D eigenvalue weighted by molar-refractivity contribution is -0.385. The summed E-state index contributed by atoms with van der Waals surface area (Å²) < 4.78 is 14.5. The van der Waals surface area contributed by atoms with Gasteiger partial charge in [-0.05, 0) is 6.07 Å². The number of rotatable bonds is 2. The molecular formula is C8H7FN6O2. The van der Waals surface area contributed by atoms with Gasteiger partial charge in [-0.25, -0.2) is 9.07 Å². The van der Waals surface area contributed by atoms with Gasteiger partial charge >= 0.3 is 0 Å². The number of anilines is 1. The average molecular weight is 238 g/mol.